The second kappa shape index (κ2) is 5.95. The van der Waals surface area contributed by atoms with Crippen molar-refractivity contribution in [2.45, 2.75) is 0 Å². The van der Waals surface area contributed by atoms with Crippen molar-refractivity contribution in [3.8, 4) is 6.07 Å². The zero-order chi connectivity index (χ0) is 14.8. The number of nitrogens with zero attached hydrogens (tertiary/aromatic N) is 3. The minimum Gasteiger partial charge on any atom is -0.336 e. The zero-order valence-electron chi connectivity index (χ0n) is 10.6. The lowest BCUT2D eigenvalue weighted by Gasteiger charge is -1.96. The fraction of sp³-hybridized carbons (Fsp3) is 0. The summed E-state index contributed by atoms with van der Waals surface area (Å²) in [6, 6.07) is 12.0. The molecule has 4 nitrogen and oxygen atoms in total. The maximum atomic E-state index is 9.38. The third-order valence-electron chi connectivity index (χ3n) is 2.84. The molecule has 0 aliphatic rings. The van der Waals surface area contributed by atoms with E-state index in [9.17, 15) is 5.26 Å². The van der Waals surface area contributed by atoms with Gasteiger partial charge in [-0.2, -0.15) is 5.26 Å². The molecular weight excluding hydrogens is 443 g/mol. The van der Waals surface area contributed by atoms with Gasteiger partial charge in [-0.05, 0) is 68.4 Å². The second-order valence-electron chi connectivity index (χ2n) is 4.33. The van der Waals surface area contributed by atoms with Gasteiger partial charge < -0.3 is 4.98 Å². The summed E-state index contributed by atoms with van der Waals surface area (Å²) in [7, 11) is 0. The minimum atomic E-state index is 0.478. The van der Waals surface area contributed by atoms with Crippen LogP contribution in [-0.4, -0.2) is 15.0 Å². The standard InChI is InChI=1S/C15H8BrIN4/c16-11-6-13-15(19-8-11)21-14(20-13)10(7-18)4-9-2-1-3-12(17)5-9/h1-6,8H,(H,19,20,21). The normalized spacial score (nSPS) is 11.6. The van der Waals surface area contributed by atoms with Crippen molar-refractivity contribution >= 4 is 61.3 Å². The summed E-state index contributed by atoms with van der Waals surface area (Å²) >= 11 is 5.61. The number of fused-ring (bicyclic) bond motifs is 1. The van der Waals surface area contributed by atoms with E-state index >= 15 is 0 Å². The molecule has 0 fully saturated rings. The van der Waals surface area contributed by atoms with Crippen LogP contribution in [0.15, 0.2) is 41.0 Å². The summed E-state index contributed by atoms with van der Waals surface area (Å²) in [6.07, 6.45) is 3.50. The zero-order valence-corrected chi connectivity index (χ0v) is 14.4. The first-order valence-electron chi connectivity index (χ1n) is 6.05. The number of imidazole rings is 1. The number of halogens is 2. The second-order valence-corrected chi connectivity index (χ2v) is 6.50. The van der Waals surface area contributed by atoms with Gasteiger partial charge in [0, 0.05) is 14.2 Å². The number of nitriles is 1. The summed E-state index contributed by atoms with van der Waals surface area (Å²) < 4.78 is 1.99. The fourth-order valence-electron chi connectivity index (χ4n) is 1.92. The largest absolute Gasteiger partial charge is 0.336 e. The van der Waals surface area contributed by atoms with E-state index in [0.717, 1.165) is 19.1 Å². The van der Waals surface area contributed by atoms with Crippen LogP contribution < -0.4 is 0 Å². The molecule has 0 spiro atoms. The van der Waals surface area contributed by atoms with E-state index in [4.69, 9.17) is 0 Å². The average Bonchev–Trinajstić information content (AvgIpc) is 2.87. The molecule has 0 amide bonds. The fourth-order valence-corrected chi connectivity index (χ4v) is 2.82. The highest BCUT2D eigenvalue weighted by Crippen LogP contribution is 2.21. The molecule has 6 heteroatoms. The molecule has 1 N–H and O–H groups in total. The van der Waals surface area contributed by atoms with Crippen molar-refractivity contribution in [2.24, 2.45) is 0 Å². The van der Waals surface area contributed by atoms with Crippen molar-refractivity contribution in [3.63, 3.8) is 0 Å². The summed E-state index contributed by atoms with van der Waals surface area (Å²) in [5.74, 6) is 0.525. The minimum absolute atomic E-state index is 0.478. The van der Waals surface area contributed by atoms with Gasteiger partial charge in [0.2, 0.25) is 0 Å². The van der Waals surface area contributed by atoms with Gasteiger partial charge in [0.15, 0.2) is 11.5 Å². The molecule has 0 unspecified atom stereocenters. The number of hydrogen-bond acceptors (Lipinski definition) is 3. The summed E-state index contributed by atoms with van der Waals surface area (Å²) in [5.41, 5.74) is 2.83. The van der Waals surface area contributed by atoms with Crippen LogP contribution in [0.2, 0.25) is 0 Å². The Balaban J connectivity index is 2.08. The molecule has 21 heavy (non-hydrogen) atoms. The Kier molecular flexibility index (Phi) is 4.03. The van der Waals surface area contributed by atoms with Crippen LogP contribution in [0.3, 0.4) is 0 Å². The van der Waals surface area contributed by atoms with Gasteiger partial charge in [0.25, 0.3) is 0 Å². The summed E-state index contributed by atoms with van der Waals surface area (Å²) in [6.45, 7) is 0. The Morgan fingerprint density at radius 2 is 2.24 bits per heavy atom. The number of hydrogen-bond donors (Lipinski definition) is 1. The lowest BCUT2D eigenvalue weighted by atomic mass is 10.1. The van der Waals surface area contributed by atoms with Gasteiger partial charge in [0.1, 0.15) is 6.07 Å². The first-order chi connectivity index (χ1) is 10.2. The van der Waals surface area contributed by atoms with E-state index in [1.165, 1.54) is 0 Å². The Bertz CT molecular complexity index is 892. The lowest BCUT2D eigenvalue weighted by molar-refractivity contribution is 1.25. The third kappa shape index (κ3) is 3.14. The van der Waals surface area contributed by atoms with Gasteiger partial charge in [-0.1, -0.05) is 12.1 Å². The van der Waals surface area contributed by atoms with Gasteiger partial charge in [-0.3, -0.25) is 0 Å². The van der Waals surface area contributed by atoms with Crippen molar-refractivity contribution in [1.82, 2.24) is 15.0 Å². The number of nitrogens with one attached hydrogen (secondary N) is 1. The van der Waals surface area contributed by atoms with Gasteiger partial charge in [0.05, 0.1) is 11.1 Å². The first kappa shape index (κ1) is 14.2. The van der Waals surface area contributed by atoms with E-state index in [0.29, 0.717) is 17.0 Å². The molecule has 1 aromatic carbocycles. The number of aromatic nitrogens is 3. The maximum absolute atomic E-state index is 9.38. The number of aromatic amines is 1. The number of allylic oxidation sites excluding steroid dienone is 1. The average molecular weight is 451 g/mol. The molecule has 0 atom stereocenters. The summed E-state index contributed by atoms with van der Waals surface area (Å²) in [4.78, 5) is 11.7. The predicted octanol–water partition coefficient (Wildman–Crippen LogP) is 4.39. The highest BCUT2D eigenvalue weighted by Gasteiger charge is 2.09. The number of rotatable bonds is 2. The van der Waals surface area contributed by atoms with Crippen molar-refractivity contribution in [1.29, 1.82) is 5.26 Å². The van der Waals surface area contributed by atoms with Crippen molar-refractivity contribution in [3.05, 3.63) is 56.0 Å². The Morgan fingerprint density at radius 1 is 1.38 bits per heavy atom. The van der Waals surface area contributed by atoms with Crippen LogP contribution in [0.5, 0.6) is 0 Å². The number of benzene rings is 1. The third-order valence-corrected chi connectivity index (χ3v) is 3.94. The molecule has 2 heterocycles. The quantitative estimate of drug-likeness (QED) is 0.465. The molecule has 0 radical (unpaired) electrons. The van der Waals surface area contributed by atoms with Crippen LogP contribution in [0.1, 0.15) is 11.4 Å². The lowest BCUT2D eigenvalue weighted by Crippen LogP contribution is -1.85. The van der Waals surface area contributed by atoms with E-state index < -0.39 is 0 Å². The monoisotopic (exact) mass is 450 g/mol. The predicted molar refractivity (Wildman–Crippen MR) is 94.2 cm³/mol. The number of H-pyrrole nitrogens is 1. The molecule has 102 valence electrons. The van der Waals surface area contributed by atoms with Crippen LogP contribution in [0.4, 0.5) is 0 Å². The molecule has 0 aliphatic heterocycles. The van der Waals surface area contributed by atoms with Crippen LogP contribution in [-0.2, 0) is 0 Å². The summed E-state index contributed by atoms with van der Waals surface area (Å²) in [5, 5.41) is 9.38. The van der Waals surface area contributed by atoms with Crippen molar-refractivity contribution < 1.29 is 0 Å². The molecule has 3 rings (SSSR count). The molecule has 0 bridgehead atoms. The molecule has 0 saturated carbocycles. The van der Waals surface area contributed by atoms with Crippen LogP contribution in [0.25, 0.3) is 22.8 Å². The maximum Gasteiger partial charge on any atom is 0.178 e. The van der Waals surface area contributed by atoms with E-state index in [1.54, 1.807) is 6.20 Å². The highest BCUT2D eigenvalue weighted by atomic mass is 127. The topological polar surface area (TPSA) is 65.4 Å². The van der Waals surface area contributed by atoms with Gasteiger partial charge in [-0.15, -0.1) is 0 Å². The smallest absolute Gasteiger partial charge is 0.178 e. The van der Waals surface area contributed by atoms with E-state index in [2.05, 4.69) is 59.5 Å². The molecule has 3 aromatic rings. The SMILES string of the molecule is N#CC(=Cc1cccc(I)c1)c1nc2ncc(Br)cc2[nH]1. The van der Waals surface area contributed by atoms with Crippen molar-refractivity contribution in [2.75, 3.05) is 0 Å². The van der Waals surface area contributed by atoms with Gasteiger partial charge >= 0.3 is 0 Å². The first-order valence-corrected chi connectivity index (χ1v) is 7.92. The van der Waals surface area contributed by atoms with Crippen LogP contribution >= 0.6 is 38.5 Å². The Labute approximate surface area is 143 Å². The molecule has 0 aliphatic carbocycles. The van der Waals surface area contributed by atoms with E-state index in [1.807, 2.05) is 36.4 Å². The Hall–Kier alpha value is -1.72. The molecule has 2 aromatic heterocycles. The van der Waals surface area contributed by atoms with E-state index in [-0.39, 0.29) is 0 Å². The van der Waals surface area contributed by atoms with Crippen LogP contribution in [0, 0.1) is 14.9 Å². The molecule has 0 saturated heterocycles. The number of pyridine rings is 1. The van der Waals surface area contributed by atoms with Gasteiger partial charge in [-0.25, -0.2) is 9.97 Å². The highest BCUT2D eigenvalue weighted by molar-refractivity contribution is 14.1. The Morgan fingerprint density at radius 3 is 3.00 bits per heavy atom. The molecular formula is C15H8BrIN4.